The van der Waals surface area contributed by atoms with E-state index in [2.05, 4.69) is 17.6 Å². The van der Waals surface area contributed by atoms with Crippen molar-refractivity contribution in [3.05, 3.63) is 23.8 Å². The fourth-order valence-corrected chi connectivity index (χ4v) is 3.00. The van der Waals surface area contributed by atoms with Gasteiger partial charge in [0.15, 0.2) is 0 Å². The van der Waals surface area contributed by atoms with Gasteiger partial charge in [-0.25, -0.2) is 0 Å². The van der Waals surface area contributed by atoms with Crippen molar-refractivity contribution in [2.24, 2.45) is 0 Å². The predicted octanol–water partition coefficient (Wildman–Crippen LogP) is 2.08. The average molecular weight is 317 g/mol. The zero-order valence-corrected chi connectivity index (χ0v) is 13.6. The number of rotatable bonds is 3. The molecule has 2 atom stereocenters. The lowest BCUT2D eigenvalue weighted by Crippen LogP contribution is -2.45. The van der Waals surface area contributed by atoms with Crippen LogP contribution in [-0.2, 0) is 9.53 Å². The first-order chi connectivity index (χ1) is 11.1. The van der Waals surface area contributed by atoms with Gasteiger partial charge in [-0.05, 0) is 31.0 Å². The van der Waals surface area contributed by atoms with Gasteiger partial charge in [0.1, 0.15) is 6.04 Å². The largest absolute Gasteiger partial charge is 0.375 e. The normalized spacial score (nSPS) is 23.7. The monoisotopic (exact) mass is 317 g/mol. The minimum absolute atomic E-state index is 0.0126. The Morgan fingerprint density at radius 2 is 2.13 bits per heavy atom. The number of nitrogens with one attached hydrogen (secondary N) is 2. The maximum atomic E-state index is 12.7. The molecular formula is C17H23N3O3. The van der Waals surface area contributed by atoms with Crippen molar-refractivity contribution in [1.82, 2.24) is 4.90 Å². The third kappa shape index (κ3) is 3.17. The molecule has 2 aliphatic heterocycles. The van der Waals surface area contributed by atoms with E-state index in [-0.39, 0.29) is 24.0 Å². The number of anilines is 2. The van der Waals surface area contributed by atoms with Gasteiger partial charge in [0.2, 0.25) is 5.91 Å². The summed E-state index contributed by atoms with van der Waals surface area (Å²) in [6.07, 6.45) is 1.72. The number of hydrogen-bond donors (Lipinski definition) is 2. The number of amides is 2. The highest BCUT2D eigenvalue weighted by atomic mass is 16.5. The second-order valence-corrected chi connectivity index (χ2v) is 6.01. The number of morpholine rings is 1. The summed E-state index contributed by atoms with van der Waals surface area (Å²) >= 11 is 0. The van der Waals surface area contributed by atoms with Gasteiger partial charge < -0.3 is 20.3 Å². The number of carbonyl (C=O) groups excluding carboxylic acids is 2. The molecule has 23 heavy (non-hydrogen) atoms. The number of carbonyl (C=O) groups is 2. The van der Waals surface area contributed by atoms with Crippen LogP contribution in [-0.4, -0.2) is 48.6 Å². The molecule has 0 bridgehead atoms. The van der Waals surface area contributed by atoms with Crippen LogP contribution in [0.3, 0.4) is 0 Å². The fraction of sp³-hybridized carbons (Fsp3) is 0.529. The van der Waals surface area contributed by atoms with E-state index in [1.54, 1.807) is 6.07 Å². The lowest BCUT2D eigenvalue weighted by Gasteiger charge is -2.33. The summed E-state index contributed by atoms with van der Waals surface area (Å²) in [5.41, 5.74) is 2.13. The predicted molar refractivity (Wildman–Crippen MR) is 88.7 cm³/mol. The zero-order valence-electron chi connectivity index (χ0n) is 13.6. The van der Waals surface area contributed by atoms with Crippen LogP contribution in [0.4, 0.5) is 11.4 Å². The Balaban J connectivity index is 1.78. The van der Waals surface area contributed by atoms with Crippen LogP contribution in [0.5, 0.6) is 0 Å². The molecule has 6 nitrogen and oxygen atoms in total. The molecule has 3 rings (SSSR count). The molecule has 2 amide bonds. The van der Waals surface area contributed by atoms with Gasteiger partial charge in [-0.3, -0.25) is 9.59 Å². The Morgan fingerprint density at radius 1 is 1.30 bits per heavy atom. The van der Waals surface area contributed by atoms with Crippen LogP contribution in [0.25, 0.3) is 0 Å². The van der Waals surface area contributed by atoms with E-state index in [9.17, 15) is 9.59 Å². The van der Waals surface area contributed by atoms with Crippen molar-refractivity contribution in [2.45, 2.75) is 38.8 Å². The summed E-state index contributed by atoms with van der Waals surface area (Å²) in [5, 5.41) is 6.08. The van der Waals surface area contributed by atoms with E-state index in [0.717, 1.165) is 18.5 Å². The third-order valence-electron chi connectivity index (χ3n) is 4.46. The Hall–Kier alpha value is -2.08. The van der Waals surface area contributed by atoms with Gasteiger partial charge in [0, 0.05) is 18.7 Å². The average Bonchev–Trinajstić information content (AvgIpc) is 2.60. The second-order valence-electron chi connectivity index (χ2n) is 6.01. The summed E-state index contributed by atoms with van der Waals surface area (Å²) in [7, 11) is 0. The van der Waals surface area contributed by atoms with Crippen molar-refractivity contribution in [3.8, 4) is 0 Å². The smallest absolute Gasteiger partial charge is 0.254 e. The highest BCUT2D eigenvalue weighted by Crippen LogP contribution is 2.29. The van der Waals surface area contributed by atoms with Gasteiger partial charge in [0.25, 0.3) is 5.91 Å². The third-order valence-corrected chi connectivity index (χ3v) is 4.46. The minimum Gasteiger partial charge on any atom is -0.375 e. The number of benzene rings is 1. The molecule has 2 aliphatic rings. The summed E-state index contributed by atoms with van der Waals surface area (Å²) < 4.78 is 5.61. The van der Waals surface area contributed by atoms with Crippen LogP contribution in [0.2, 0.25) is 0 Å². The number of ether oxygens (including phenoxy) is 1. The van der Waals surface area contributed by atoms with Crippen LogP contribution in [0.15, 0.2) is 18.2 Å². The molecule has 2 heterocycles. The molecule has 6 heteroatoms. The topological polar surface area (TPSA) is 70.7 Å². The maximum absolute atomic E-state index is 12.7. The Bertz CT molecular complexity index is 617. The number of fused-ring (bicyclic) bond motifs is 1. The highest BCUT2D eigenvalue weighted by molar-refractivity contribution is 6.05. The first kappa shape index (κ1) is 15.8. The molecule has 0 radical (unpaired) electrons. The molecule has 2 unspecified atom stereocenters. The van der Waals surface area contributed by atoms with Crippen molar-refractivity contribution in [3.63, 3.8) is 0 Å². The summed E-state index contributed by atoms with van der Waals surface area (Å²) in [6.45, 7) is 5.82. The second kappa shape index (κ2) is 6.58. The minimum atomic E-state index is -0.214. The number of hydrogen-bond acceptors (Lipinski definition) is 4. The summed E-state index contributed by atoms with van der Waals surface area (Å²) in [6, 6.07) is 5.22. The SMILES string of the molecule is CCC1CN(C(=O)c2ccc3c(c2)NC(=O)C(CC)N3)CCO1. The fourth-order valence-electron chi connectivity index (χ4n) is 3.00. The lowest BCUT2D eigenvalue weighted by molar-refractivity contribution is -0.117. The van der Waals surface area contributed by atoms with E-state index in [0.29, 0.717) is 30.9 Å². The molecule has 0 saturated carbocycles. The van der Waals surface area contributed by atoms with Gasteiger partial charge in [0.05, 0.1) is 24.1 Å². The van der Waals surface area contributed by atoms with Crippen LogP contribution in [0.1, 0.15) is 37.0 Å². The van der Waals surface area contributed by atoms with Gasteiger partial charge in [-0.1, -0.05) is 13.8 Å². The van der Waals surface area contributed by atoms with Gasteiger partial charge >= 0.3 is 0 Å². The maximum Gasteiger partial charge on any atom is 0.254 e. The molecule has 1 fully saturated rings. The highest BCUT2D eigenvalue weighted by Gasteiger charge is 2.27. The Morgan fingerprint density at radius 3 is 2.87 bits per heavy atom. The number of nitrogens with zero attached hydrogens (tertiary/aromatic N) is 1. The first-order valence-corrected chi connectivity index (χ1v) is 8.24. The zero-order chi connectivity index (χ0) is 16.4. The van der Waals surface area contributed by atoms with Gasteiger partial charge in [-0.15, -0.1) is 0 Å². The van der Waals surface area contributed by atoms with E-state index < -0.39 is 0 Å². The molecule has 1 aromatic carbocycles. The molecule has 0 aliphatic carbocycles. The summed E-state index contributed by atoms with van der Waals surface area (Å²) in [4.78, 5) is 26.5. The first-order valence-electron chi connectivity index (χ1n) is 8.24. The van der Waals surface area contributed by atoms with E-state index in [4.69, 9.17) is 4.74 Å². The lowest BCUT2D eigenvalue weighted by atomic mass is 10.1. The molecular weight excluding hydrogens is 294 g/mol. The molecule has 2 N–H and O–H groups in total. The van der Waals surface area contributed by atoms with Crippen LogP contribution < -0.4 is 10.6 Å². The van der Waals surface area contributed by atoms with E-state index in [1.165, 1.54) is 0 Å². The van der Waals surface area contributed by atoms with Crippen LogP contribution in [0, 0.1) is 0 Å². The standard InChI is InChI=1S/C17H23N3O3/c1-3-12-10-20(7-8-23-12)17(22)11-5-6-14-15(9-11)19-16(21)13(4-2)18-14/h5-6,9,12-13,18H,3-4,7-8,10H2,1-2H3,(H,19,21). The molecule has 0 spiro atoms. The van der Waals surface area contributed by atoms with Crippen molar-refractivity contribution < 1.29 is 14.3 Å². The van der Waals surface area contributed by atoms with Crippen LogP contribution >= 0.6 is 0 Å². The van der Waals surface area contributed by atoms with E-state index in [1.807, 2.05) is 24.0 Å². The van der Waals surface area contributed by atoms with E-state index >= 15 is 0 Å². The van der Waals surface area contributed by atoms with Gasteiger partial charge in [-0.2, -0.15) is 0 Å². The molecule has 1 aromatic rings. The van der Waals surface area contributed by atoms with Crippen molar-refractivity contribution >= 4 is 23.2 Å². The Labute approximate surface area is 136 Å². The van der Waals surface area contributed by atoms with Crippen molar-refractivity contribution in [2.75, 3.05) is 30.3 Å². The molecule has 0 aromatic heterocycles. The summed E-state index contributed by atoms with van der Waals surface area (Å²) in [5.74, 6) is -0.0663. The quantitative estimate of drug-likeness (QED) is 0.895. The Kier molecular flexibility index (Phi) is 4.52. The van der Waals surface area contributed by atoms with Crippen molar-refractivity contribution in [1.29, 1.82) is 0 Å². The molecule has 1 saturated heterocycles. The molecule has 124 valence electrons.